The number of aliphatic imine (C=N–C) groups is 2. The van der Waals surface area contributed by atoms with Gasteiger partial charge in [-0.2, -0.15) is 0 Å². The van der Waals surface area contributed by atoms with E-state index in [4.69, 9.17) is 0 Å². The lowest BCUT2D eigenvalue weighted by Crippen LogP contribution is -2.13. The highest BCUT2D eigenvalue weighted by Crippen LogP contribution is 2.30. The van der Waals surface area contributed by atoms with Gasteiger partial charge in [0.1, 0.15) is 5.82 Å². The van der Waals surface area contributed by atoms with Crippen molar-refractivity contribution in [2.45, 2.75) is 12.6 Å². The first kappa shape index (κ1) is 11.8. The number of rotatable bonds is 2. The minimum atomic E-state index is -0.654. The molecule has 94 valence electrons. The Bertz CT molecular complexity index is 644. The lowest BCUT2D eigenvalue weighted by atomic mass is 10.0. The summed E-state index contributed by atoms with van der Waals surface area (Å²) in [5, 5.41) is 0. The van der Waals surface area contributed by atoms with Gasteiger partial charge in [-0.05, 0) is 19.1 Å². The predicted molar refractivity (Wildman–Crippen MR) is 75.2 cm³/mol. The van der Waals surface area contributed by atoms with E-state index >= 15 is 0 Å². The monoisotopic (exact) mass is 252 g/mol. The molecule has 0 spiro atoms. The van der Waals surface area contributed by atoms with E-state index in [1.54, 1.807) is 18.3 Å². The molecule has 0 bridgehead atoms. The second kappa shape index (κ2) is 4.43. The highest BCUT2D eigenvalue weighted by molar-refractivity contribution is 6.39. The number of hydrogen-bond acceptors (Lipinski definition) is 2. The molecule has 1 atom stereocenters. The highest BCUT2D eigenvalue weighted by atomic mass is 19.1. The Kier molecular flexibility index (Phi) is 2.75. The SMILES string of the molecule is CC1(c2ccc(F)cc2)N=CC(c2ccccc2)=N1. The second-order valence-corrected chi connectivity index (χ2v) is 4.65. The standard InChI is InChI=1S/C16H13FN2/c1-16(13-7-9-14(17)10-8-13)18-11-15(19-16)12-5-3-2-4-6-12/h2-11H,1H3. The number of nitrogens with zero attached hydrogens (tertiary/aromatic N) is 2. The maximum atomic E-state index is 13.0. The molecule has 1 heterocycles. The van der Waals surface area contributed by atoms with E-state index in [1.165, 1.54) is 12.1 Å². The first-order valence-electron chi connectivity index (χ1n) is 6.14. The third-order valence-corrected chi connectivity index (χ3v) is 3.24. The molecule has 1 aliphatic heterocycles. The van der Waals surface area contributed by atoms with Crippen molar-refractivity contribution in [2.24, 2.45) is 9.98 Å². The average molecular weight is 252 g/mol. The van der Waals surface area contributed by atoms with Gasteiger partial charge < -0.3 is 0 Å². The van der Waals surface area contributed by atoms with Gasteiger partial charge >= 0.3 is 0 Å². The molecular weight excluding hydrogens is 239 g/mol. The minimum Gasteiger partial charge on any atom is -0.257 e. The van der Waals surface area contributed by atoms with Crippen molar-refractivity contribution in [3.8, 4) is 0 Å². The molecule has 0 aromatic heterocycles. The van der Waals surface area contributed by atoms with E-state index in [1.807, 2.05) is 37.3 Å². The van der Waals surface area contributed by atoms with Crippen LogP contribution < -0.4 is 0 Å². The fourth-order valence-electron chi connectivity index (χ4n) is 2.13. The lowest BCUT2D eigenvalue weighted by Gasteiger charge is -2.17. The third kappa shape index (κ3) is 2.19. The molecule has 0 aliphatic carbocycles. The smallest absolute Gasteiger partial charge is 0.173 e. The maximum Gasteiger partial charge on any atom is 0.173 e. The Balaban J connectivity index is 1.98. The maximum absolute atomic E-state index is 13.0. The van der Waals surface area contributed by atoms with Crippen LogP contribution in [0.15, 0.2) is 64.6 Å². The second-order valence-electron chi connectivity index (χ2n) is 4.65. The molecule has 2 aromatic rings. The van der Waals surface area contributed by atoms with Crippen molar-refractivity contribution < 1.29 is 4.39 Å². The summed E-state index contributed by atoms with van der Waals surface area (Å²) in [6.07, 6.45) is 1.78. The van der Waals surface area contributed by atoms with E-state index < -0.39 is 5.66 Å². The van der Waals surface area contributed by atoms with Crippen LogP contribution in [-0.4, -0.2) is 11.9 Å². The zero-order chi connectivity index (χ0) is 13.3. The Hall–Kier alpha value is -2.29. The summed E-state index contributed by atoms with van der Waals surface area (Å²) >= 11 is 0. The summed E-state index contributed by atoms with van der Waals surface area (Å²) < 4.78 is 13.0. The number of benzene rings is 2. The topological polar surface area (TPSA) is 24.7 Å². The Morgan fingerprint density at radius 3 is 2.32 bits per heavy atom. The quantitative estimate of drug-likeness (QED) is 0.780. The Morgan fingerprint density at radius 2 is 1.63 bits per heavy atom. The van der Waals surface area contributed by atoms with E-state index in [-0.39, 0.29) is 5.82 Å². The van der Waals surface area contributed by atoms with Crippen LogP contribution in [0.2, 0.25) is 0 Å². The molecule has 1 unspecified atom stereocenters. The molecule has 0 saturated heterocycles. The van der Waals surface area contributed by atoms with Gasteiger partial charge in [0.25, 0.3) is 0 Å². The summed E-state index contributed by atoms with van der Waals surface area (Å²) in [5.41, 5.74) is 2.12. The fourth-order valence-corrected chi connectivity index (χ4v) is 2.13. The van der Waals surface area contributed by atoms with Gasteiger partial charge in [-0.1, -0.05) is 42.5 Å². The molecule has 0 fully saturated rings. The zero-order valence-electron chi connectivity index (χ0n) is 10.5. The summed E-state index contributed by atoms with van der Waals surface area (Å²) in [4.78, 5) is 9.14. The molecular formula is C16H13FN2. The molecule has 19 heavy (non-hydrogen) atoms. The van der Waals surface area contributed by atoms with Crippen molar-refractivity contribution in [2.75, 3.05) is 0 Å². The van der Waals surface area contributed by atoms with Crippen LogP contribution in [-0.2, 0) is 5.66 Å². The zero-order valence-corrected chi connectivity index (χ0v) is 10.5. The summed E-state index contributed by atoms with van der Waals surface area (Å²) in [6, 6.07) is 16.2. The molecule has 3 heteroatoms. The first-order chi connectivity index (χ1) is 9.17. The molecule has 0 saturated carbocycles. The largest absolute Gasteiger partial charge is 0.257 e. The van der Waals surface area contributed by atoms with E-state index in [2.05, 4.69) is 9.98 Å². The summed E-state index contributed by atoms with van der Waals surface area (Å²) in [5.74, 6) is -0.249. The van der Waals surface area contributed by atoms with Gasteiger partial charge in [0, 0.05) is 11.1 Å². The molecule has 0 amide bonds. The van der Waals surface area contributed by atoms with Gasteiger partial charge in [0.2, 0.25) is 0 Å². The normalized spacial score (nSPS) is 21.5. The van der Waals surface area contributed by atoms with Crippen molar-refractivity contribution in [1.29, 1.82) is 0 Å². The Morgan fingerprint density at radius 1 is 0.947 bits per heavy atom. The van der Waals surface area contributed by atoms with Crippen LogP contribution in [0.5, 0.6) is 0 Å². The van der Waals surface area contributed by atoms with Crippen molar-refractivity contribution in [3.63, 3.8) is 0 Å². The minimum absolute atomic E-state index is 0.249. The van der Waals surface area contributed by atoms with Crippen molar-refractivity contribution in [3.05, 3.63) is 71.5 Å². The van der Waals surface area contributed by atoms with E-state index in [0.717, 1.165) is 16.8 Å². The van der Waals surface area contributed by atoms with Crippen LogP contribution in [0.4, 0.5) is 4.39 Å². The third-order valence-electron chi connectivity index (χ3n) is 3.24. The molecule has 0 radical (unpaired) electrons. The molecule has 1 aliphatic rings. The number of hydrogen-bond donors (Lipinski definition) is 0. The van der Waals surface area contributed by atoms with Gasteiger partial charge in [0.05, 0.1) is 11.9 Å². The number of halogens is 1. The van der Waals surface area contributed by atoms with Crippen LogP contribution >= 0.6 is 0 Å². The van der Waals surface area contributed by atoms with Gasteiger partial charge in [-0.3, -0.25) is 4.99 Å². The lowest BCUT2D eigenvalue weighted by molar-refractivity contribution is 0.539. The first-order valence-corrected chi connectivity index (χ1v) is 6.14. The van der Waals surface area contributed by atoms with Crippen LogP contribution in [0.3, 0.4) is 0 Å². The van der Waals surface area contributed by atoms with Gasteiger partial charge in [-0.15, -0.1) is 0 Å². The fraction of sp³-hybridized carbons (Fsp3) is 0.125. The van der Waals surface area contributed by atoms with Crippen LogP contribution in [0.1, 0.15) is 18.1 Å². The van der Waals surface area contributed by atoms with Crippen LogP contribution in [0, 0.1) is 5.82 Å². The Labute approximate surface area is 111 Å². The summed E-state index contributed by atoms with van der Waals surface area (Å²) in [6.45, 7) is 1.92. The highest BCUT2D eigenvalue weighted by Gasteiger charge is 2.28. The van der Waals surface area contributed by atoms with Crippen molar-refractivity contribution in [1.82, 2.24) is 0 Å². The molecule has 3 rings (SSSR count). The van der Waals surface area contributed by atoms with Crippen molar-refractivity contribution >= 4 is 11.9 Å². The summed E-state index contributed by atoms with van der Waals surface area (Å²) in [7, 11) is 0. The molecule has 0 N–H and O–H groups in total. The molecule has 2 nitrogen and oxygen atoms in total. The van der Waals surface area contributed by atoms with E-state index in [9.17, 15) is 4.39 Å². The predicted octanol–water partition coefficient (Wildman–Crippen LogP) is 3.57. The van der Waals surface area contributed by atoms with Gasteiger partial charge in [-0.25, -0.2) is 9.38 Å². The van der Waals surface area contributed by atoms with E-state index in [0.29, 0.717) is 0 Å². The van der Waals surface area contributed by atoms with Crippen LogP contribution in [0.25, 0.3) is 0 Å². The van der Waals surface area contributed by atoms with Gasteiger partial charge in [0.15, 0.2) is 5.66 Å². The molecule has 2 aromatic carbocycles. The average Bonchev–Trinajstić information content (AvgIpc) is 2.84.